The van der Waals surface area contributed by atoms with E-state index >= 15 is 0 Å². The molecule has 0 radical (unpaired) electrons. The largest absolute Gasteiger partial charge is 0.494 e. The summed E-state index contributed by atoms with van der Waals surface area (Å²) in [5.41, 5.74) is 0.982. The Bertz CT molecular complexity index is 522. The normalized spacial score (nSPS) is 12.4. The molecule has 0 fully saturated rings. The van der Waals surface area contributed by atoms with Gasteiger partial charge in [0, 0.05) is 5.56 Å². The van der Waals surface area contributed by atoms with Crippen molar-refractivity contribution in [3.63, 3.8) is 0 Å². The maximum absolute atomic E-state index is 5.75. The molecule has 0 saturated heterocycles. The van der Waals surface area contributed by atoms with E-state index in [0.717, 1.165) is 30.1 Å². The summed E-state index contributed by atoms with van der Waals surface area (Å²) in [7, 11) is 1.88. The van der Waals surface area contributed by atoms with Crippen LogP contribution >= 0.6 is 0 Å². The zero-order valence-electron chi connectivity index (χ0n) is 11.6. The third-order valence-electron chi connectivity index (χ3n) is 2.92. The molecular formula is C15H20N2O2. The van der Waals surface area contributed by atoms with Gasteiger partial charge in [-0.1, -0.05) is 19.1 Å². The number of ether oxygens (including phenoxy) is 1. The first-order valence-corrected chi connectivity index (χ1v) is 6.60. The number of hydrogen-bond donors (Lipinski definition) is 1. The molecule has 0 bridgehead atoms. The van der Waals surface area contributed by atoms with Gasteiger partial charge in [0.2, 0.25) is 5.89 Å². The SMILES string of the molecule is CCCOc1cccc(-c2cnc(C(C)NC)o2)c1. The maximum atomic E-state index is 5.75. The molecule has 2 rings (SSSR count). The monoisotopic (exact) mass is 260 g/mol. The summed E-state index contributed by atoms with van der Waals surface area (Å²) >= 11 is 0. The Kier molecular flexibility index (Phi) is 4.58. The Morgan fingerprint density at radius 3 is 3.00 bits per heavy atom. The Balaban J connectivity index is 2.19. The summed E-state index contributed by atoms with van der Waals surface area (Å²) in [6.45, 7) is 4.82. The average Bonchev–Trinajstić information content (AvgIpc) is 2.94. The first-order valence-electron chi connectivity index (χ1n) is 6.60. The lowest BCUT2D eigenvalue weighted by Gasteiger charge is -2.06. The fraction of sp³-hybridized carbons (Fsp3) is 0.400. The smallest absolute Gasteiger partial charge is 0.211 e. The lowest BCUT2D eigenvalue weighted by Crippen LogP contribution is -2.12. The molecule has 1 aromatic heterocycles. The van der Waals surface area contributed by atoms with Crippen molar-refractivity contribution in [2.75, 3.05) is 13.7 Å². The summed E-state index contributed by atoms with van der Waals surface area (Å²) in [6.07, 6.45) is 2.75. The van der Waals surface area contributed by atoms with E-state index in [-0.39, 0.29) is 6.04 Å². The Morgan fingerprint density at radius 1 is 1.42 bits per heavy atom. The van der Waals surface area contributed by atoms with Crippen molar-refractivity contribution in [3.8, 4) is 17.1 Å². The van der Waals surface area contributed by atoms with Crippen LogP contribution in [0, 0.1) is 0 Å². The molecule has 0 spiro atoms. The number of nitrogens with zero attached hydrogens (tertiary/aromatic N) is 1. The zero-order chi connectivity index (χ0) is 13.7. The minimum atomic E-state index is 0.105. The second kappa shape index (κ2) is 6.38. The van der Waals surface area contributed by atoms with Crippen molar-refractivity contribution < 1.29 is 9.15 Å². The fourth-order valence-electron chi connectivity index (χ4n) is 1.70. The van der Waals surface area contributed by atoms with E-state index in [4.69, 9.17) is 9.15 Å². The third-order valence-corrected chi connectivity index (χ3v) is 2.92. The molecule has 4 nitrogen and oxygen atoms in total. The molecule has 1 aromatic carbocycles. The molecule has 0 saturated carbocycles. The van der Waals surface area contributed by atoms with Crippen LogP contribution in [0.4, 0.5) is 0 Å². The number of hydrogen-bond acceptors (Lipinski definition) is 4. The number of rotatable bonds is 6. The number of aromatic nitrogens is 1. The molecule has 4 heteroatoms. The summed E-state index contributed by atoms with van der Waals surface area (Å²) in [5, 5.41) is 3.10. The van der Waals surface area contributed by atoms with Gasteiger partial charge < -0.3 is 14.5 Å². The van der Waals surface area contributed by atoms with Crippen molar-refractivity contribution in [1.29, 1.82) is 0 Å². The van der Waals surface area contributed by atoms with Crippen LogP contribution in [-0.4, -0.2) is 18.6 Å². The third kappa shape index (κ3) is 3.35. The van der Waals surface area contributed by atoms with E-state index in [2.05, 4.69) is 17.2 Å². The van der Waals surface area contributed by atoms with Gasteiger partial charge in [0.05, 0.1) is 18.8 Å². The molecule has 19 heavy (non-hydrogen) atoms. The Labute approximate surface area is 113 Å². The van der Waals surface area contributed by atoms with Crippen LogP contribution in [0.25, 0.3) is 11.3 Å². The molecular weight excluding hydrogens is 240 g/mol. The summed E-state index contributed by atoms with van der Waals surface area (Å²) in [5.74, 6) is 2.32. The molecule has 0 aliphatic carbocycles. The van der Waals surface area contributed by atoms with Crippen LogP contribution in [-0.2, 0) is 0 Å². The zero-order valence-corrected chi connectivity index (χ0v) is 11.6. The highest BCUT2D eigenvalue weighted by molar-refractivity contribution is 5.58. The van der Waals surface area contributed by atoms with Gasteiger partial charge in [-0.05, 0) is 32.5 Å². The molecule has 1 heterocycles. The number of nitrogens with one attached hydrogen (secondary N) is 1. The number of benzene rings is 1. The Morgan fingerprint density at radius 2 is 2.26 bits per heavy atom. The molecule has 0 amide bonds. The lowest BCUT2D eigenvalue weighted by atomic mass is 10.2. The summed E-state index contributed by atoms with van der Waals surface area (Å²) in [4.78, 5) is 4.29. The highest BCUT2D eigenvalue weighted by atomic mass is 16.5. The van der Waals surface area contributed by atoms with Gasteiger partial charge in [-0.2, -0.15) is 0 Å². The molecule has 0 aliphatic heterocycles. The summed E-state index contributed by atoms with van der Waals surface area (Å²) < 4.78 is 11.4. The number of oxazole rings is 1. The van der Waals surface area contributed by atoms with Gasteiger partial charge in [-0.25, -0.2) is 4.98 Å². The highest BCUT2D eigenvalue weighted by Gasteiger charge is 2.11. The van der Waals surface area contributed by atoms with Crippen molar-refractivity contribution in [3.05, 3.63) is 36.4 Å². The highest BCUT2D eigenvalue weighted by Crippen LogP contribution is 2.26. The van der Waals surface area contributed by atoms with Gasteiger partial charge in [0.25, 0.3) is 0 Å². The van der Waals surface area contributed by atoms with Crippen LogP contribution in [0.3, 0.4) is 0 Å². The predicted molar refractivity (Wildman–Crippen MR) is 75.2 cm³/mol. The van der Waals surface area contributed by atoms with Gasteiger partial charge in [-0.3, -0.25) is 0 Å². The van der Waals surface area contributed by atoms with Crippen LogP contribution < -0.4 is 10.1 Å². The fourth-order valence-corrected chi connectivity index (χ4v) is 1.70. The Hall–Kier alpha value is -1.81. The quantitative estimate of drug-likeness (QED) is 0.864. The first kappa shape index (κ1) is 13.6. The minimum Gasteiger partial charge on any atom is -0.494 e. The standard InChI is InChI=1S/C15H20N2O2/c1-4-8-18-13-7-5-6-12(9-13)14-10-17-15(19-14)11(2)16-3/h5-7,9-11,16H,4,8H2,1-3H3. The molecule has 1 atom stereocenters. The van der Waals surface area contributed by atoms with E-state index in [0.29, 0.717) is 5.89 Å². The van der Waals surface area contributed by atoms with Crippen molar-refractivity contribution in [2.45, 2.75) is 26.3 Å². The van der Waals surface area contributed by atoms with Crippen LogP contribution in [0.15, 0.2) is 34.9 Å². The molecule has 1 N–H and O–H groups in total. The van der Waals surface area contributed by atoms with Crippen LogP contribution in [0.5, 0.6) is 5.75 Å². The minimum absolute atomic E-state index is 0.105. The second-order valence-corrected chi connectivity index (χ2v) is 4.45. The maximum Gasteiger partial charge on any atom is 0.211 e. The van der Waals surface area contributed by atoms with Crippen LogP contribution in [0.2, 0.25) is 0 Å². The van der Waals surface area contributed by atoms with E-state index in [1.807, 2.05) is 38.2 Å². The van der Waals surface area contributed by atoms with Crippen molar-refractivity contribution in [1.82, 2.24) is 10.3 Å². The average molecular weight is 260 g/mol. The second-order valence-electron chi connectivity index (χ2n) is 4.45. The molecule has 0 aliphatic rings. The van der Waals surface area contributed by atoms with E-state index in [1.54, 1.807) is 6.20 Å². The molecule has 1 unspecified atom stereocenters. The van der Waals surface area contributed by atoms with Crippen molar-refractivity contribution >= 4 is 0 Å². The van der Waals surface area contributed by atoms with Gasteiger partial charge in [0.15, 0.2) is 5.76 Å². The molecule has 2 aromatic rings. The molecule has 102 valence electrons. The summed E-state index contributed by atoms with van der Waals surface area (Å²) in [6, 6.07) is 7.99. The van der Waals surface area contributed by atoms with Gasteiger partial charge in [-0.15, -0.1) is 0 Å². The topological polar surface area (TPSA) is 47.3 Å². The van der Waals surface area contributed by atoms with Crippen molar-refractivity contribution in [2.24, 2.45) is 0 Å². The van der Waals surface area contributed by atoms with E-state index < -0.39 is 0 Å². The van der Waals surface area contributed by atoms with E-state index in [1.165, 1.54) is 0 Å². The van der Waals surface area contributed by atoms with Gasteiger partial charge >= 0.3 is 0 Å². The first-order chi connectivity index (χ1) is 9.24. The lowest BCUT2D eigenvalue weighted by molar-refractivity contribution is 0.317. The van der Waals surface area contributed by atoms with Crippen LogP contribution in [0.1, 0.15) is 32.2 Å². The van der Waals surface area contributed by atoms with Gasteiger partial charge in [0.1, 0.15) is 5.75 Å². The van der Waals surface area contributed by atoms with E-state index in [9.17, 15) is 0 Å². The predicted octanol–water partition coefficient (Wildman–Crippen LogP) is 3.41.